The van der Waals surface area contributed by atoms with Crippen LogP contribution < -0.4 is 54.5 Å². The molecule has 1 fully saturated rings. The fourth-order valence-electron chi connectivity index (χ4n) is 11.2. The van der Waals surface area contributed by atoms with Crippen LogP contribution in [0.25, 0.3) is 0 Å². The number of aliphatic hydroxyl groups is 1. The van der Waals surface area contributed by atoms with E-state index in [4.69, 9.17) is 22.9 Å². The van der Waals surface area contributed by atoms with E-state index in [1.165, 1.54) is 48.2 Å². The first-order chi connectivity index (χ1) is 45.2. The molecular formula is C66H98N11O18S+. The summed E-state index contributed by atoms with van der Waals surface area (Å²) in [6, 6.07) is 3.37. The Morgan fingerprint density at radius 1 is 0.604 bits per heavy atom. The minimum atomic E-state index is -1.73. The molecule has 1 aliphatic heterocycles. The molecule has 2 aromatic carbocycles. The van der Waals surface area contributed by atoms with Crippen LogP contribution in [0.5, 0.6) is 11.5 Å². The number of benzene rings is 2. The van der Waals surface area contributed by atoms with Gasteiger partial charge in [0.25, 0.3) is 0 Å². The van der Waals surface area contributed by atoms with Gasteiger partial charge in [-0.15, -0.1) is 0 Å². The maximum atomic E-state index is 14.5. The van der Waals surface area contributed by atoms with Crippen molar-refractivity contribution < 1.29 is 92.5 Å². The molecule has 0 saturated carbocycles. The maximum Gasteiger partial charge on any atom is 0.338 e. The van der Waals surface area contributed by atoms with Crippen LogP contribution in [0.15, 0.2) is 48.5 Å². The molecule has 18 N–H and O–H groups in total. The summed E-state index contributed by atoms with van der Waals surface area (Å²) in [5.41, 5.74) is 23.1. The number of primary amides is 2. The number of carboxylic acid groups (broad SMARTS) is 1. The van der Waals surface area contributed by atoms with Crippen molar-refractivity contribution in [2.45, 2.75) is 181 Å². The number of amides is 8. The molecule has 1 heterocycles. The molecular weight excluding hydrogens is 1270 g/mol. The smallest absolute Gasteiger partial charge is 0.338 e. The molecule has 530 valence electrons. The van der Waals surface area contributed by atoms with Crippen molar-refractivity contribution in [3.63, 3.8) is 0 Å². The number of hydrogen-bond donors (Lipinski definition) is 15. The van der Waals surface area contributed by atoms with Gasteiger partial charge in [0, 0.05) is 80.4 Å². The SMILES string of the molecule is CC[C@H](C)[C@H](CC(=O)[C@H](CC(=O)O)NC(=O)CCC(=O)[C@H](CC(N)=O)NC(=O)[C@H](C)CC(=O)[C@H](CCC[NH+]=C(N)N)NC(=O)[C@@H](CC(=O)[C@@H](C)CC(C)C)Cc1ccc(O)cc1)C(=O)N1CCC[C@H]1C(=O)N[C@@H](CS)C(=O)C[C@@H](Cc1ccc(O)cc1)C(=O)N[C@@H](CO)C(N)=O. The minimum absolute atomic E-state index is 0.00722. The Labute approximate surface area is 564 Å². The summed E-state index contributed by atoms with van der Waals surface area (Å²) >= 11 is 4.29. The number of aliphatic carboxylic acids is 1. The number of phenols is 2. The van der Waals surface area contributed by atoms with Gasteiger partial charge >= 0.3 is 11.9 Å². The predicted molar refractivity (Wildman–Crippen MR) is 353 cm³/mol. The summed E-state index contributed by atoms with van der Waals surface area (Å²) in [7, 11) is 0. The Morgan fingerprint density at radius 2 is 1.12 bits per heavy atom. The first-order valence-corrected chi connectivity index (χ1v) is 32.9. The molecule has 0 radical (unpaired) electrons. The van der Waals surface area contributed by atoms with Crippen LogP contribution in [-0.2, 0) is 80.0 Å². The number of carboxylic acids is 1. The number of aromatic hydroxyl groups is 2. The third-order valence-electron chi connectivity index (χ3n) is 17.0. The molecule has 0 aromatic heterocycles. The molecule has 8 amide bonds. The van der Waals surface area contributed by atoms with E-state index in [1.54, 1.807) is 32.9 Å². The van der Waals surface area contributed by atoms with Gasteiger partial charge < -0.3 is 63.4 Å². The zero-order valence-electron chi connectivity index (χ0n) is 55.5. The van der Waals surface area contributed by atoms with Gasteiger partial charge in [-0.1, -0.05) is 72.2 Å². The average Bonchev–Trinajstić information content (AvgIpc) is 1.60. The molecule has 3 rings (SSSR count). The van der Waals surface area contributed by atoms with E-state index in [-0.39, 0.29) is 92.4 Å². The van der Waals surface area contributed by atoms with E-state index in [1.807, 2.05) is 13.8 Å². The molecule has 0 bridgehead atoms. The van der Waals surface area contributed by atoms with Crippen molar-refractivity contribution in [3.05, 3.63) is 59.7 Å². The number of nitrogens with zero attached hydrogens (tertiary/aromatic N) is 1. The monoisotopic (exact) mass is 1360 g/mol. The number of Topliss-reactive ketones (excluding diaryl/α,β-unsaturated/α-hetero) is 5. The van der Waals surface area contributed by atoms with E-state index in [0.29, 0.717) is 30.4 Å². The number of carbonyl (C=O) groups is 14. The predicted octanol–water partition coefficient (Wildman–Crippen LogP) is -1.41. The number of phenolic OH excluding ortho intramolecular Hbond substituents is 2. The van der Waals surface area contributed by atoms with E-state index in [2.05, 4.69) is 44.2 Å². The van der Waals surface area contributed by atoms with Crippen LogP contribution in [0.4, 0.5) is 0 Å². The zero-order chi connectivity index (χ0) is 72.1. The number of guanidine groups is 1. The van der Waals surface area contributed by atoms with Crippen molar-refractivity contribution >= 4 is 101 Å². The van der Waals surface area contributed by atoms with Gasteiger partial charge in [0.15, 0.2) is 23.1 Å². The number of aliphatic hydroxyl groups excluding tert-OH is 1. The molecule has 1 saturated heterocycles. The fourth-order valence-corrected chi connectivity index (χ4v) is 11.5. The molecule has 12 atom stereocenters. The number of rotatable bonds is 45. The molecule has 0 aliphatic carbocycles. The summed E-state index contributed by atoms with van der Waals surface area (Å²) in [6.45, 7) is 9.90. The van der Waals surface area contributed by atoms with Crippen molar-refractivity contribution in [1.82, 2.24) is 31.5 Å². The first kappa shape index (κ1) is 81.4. The summed E-state index contributed by atoms with van der Waals surface area (Å²) in [6.07, 6.45) is -3.16. The summed E-state index contributed by atoms with van der Waals surface area (Å²) in [5.74, 6) is -17.1. The lowest BCUT2D eigenvalue weighted by Crippen LogP contribution is -2.78. The quantitative estimate of drug-likeness (QED) is 0.0157. The highest BCUT2D eigenvalue weighted by Crippen LogP contribution is 2.29. The highest BCUT2D eigenvalue weighted by atomic mass is 32.1. The van der Waals surface area contributed by atoms with Crippen LogP contribution in [-0.4, -0.2) is 175 Å². The van der Waals surface area contributed by atoms with Crippen LogP contribution in [0, 0.1) is 41.4 Å². The molecule has 0 spiro atoms. The number of ketones is 5. The zero-order valence-corrected chi connectivity index (χ0v) is 56.4. The number of likely N-dealkylation sites (tertiary alicyclic amines) is 1. The second-order valence-electron chi connectivity index (χ2n) is 25.3. The topological polar surface area (TPSA) is 501 Å². The van der Waals surface area contributed by atoms with Gasteiger partial charge in [-0.3, -0.25) is 83.6 Å². The van der Waals surface area contributed by atoms with Gasteiger partial charge in [0.2, 0.25) is 47.3 Å². The number of nitrogens with two attached hydrogens (primary N) is 4. The summed E-state index contributed by atoms with van der Waals surface area (Å²) < 4.78 is 0. The third kappa shape index (κ3) is 27.9. The Kier molecular flexibility index (Phi) is 34.4. The lowest BCUT2D eigenvalue weighted by molar-refractivity contribution is -0.459. The standard InChI is InChI=1S/C66H97N11O18S/c1-7-36(4)45(65(95)77-23-9-11-51(77)64(94)76-50(34-96)55(84)29-42(27-40-14-18-44(80)19-15-40)63(93)75-49(33-78)60(68)90)30-56(85)48(32-59(88)89)72-58(87)21-20-52(81)47(31-57(67)86)74-61(91)38(6)25-54(83)46(10-8-22-71-66(69)70)73-62(92)41(26-39-12-16-43(79)17-13-39)28-53(82)37(5)24-35(2)3/h12-19,35-38,41-42,45-51,78-80,96H,7-11,20-34H2,1-6H3,(H2,67,86)(H2,68,90)(H,72,87)(H,73,92)(H,74,91)(H,75,93)(H,76,94)(H,88,89)(H4,69,70,71)/p+1/t36-,37-,38+,41+,42+,45-,46-,47-,48-,49-,50-,51-/m0/s1. The van der Waals surface area contributed by atoms with E-state index >= 15 is 0 Å². The Bertz CT molecular complexity index is 3090. The molecule has 0 unspecified atom stereocenters. The molecule has 96 heavy (non-hydrogen) atoms. The van der Waals surface area contributed by atoms with Crippen molar-refractivity contribution in [3.8, 4) is 11.5 Å². The van der Waals surface area contributed by atoms with Crippen molar-refractivity contribution in [2.75, 3.05) is 25.4 Å². The molecule has 2 aromatic rings. The number of hydrogen-bond acceptors (Lipinski definition) is 18. The van der Waals surface area contributed by atoms with Gasteiger partial charge in [-0.05, 0) is 92.2 Å². The molecule has 29 nitrogen and oxygen atoms in total. The van der Waals surface area contributed by atoms with Gasteiger partial charge in [-0.2, -0.15) is 12.6 Å². The van der Waals surface area contributed by atoms with Crippen molar-refractivity contribution in [1.29, 1.82) is 0 Å². The molecule has 1 aliphatic rings. The van der Waals surface area contributed by atoms with Gasteiger partial charge in [-0.25, -0.2) is 0 Å². The van der Waals surface area contributed by atoms with E-state index in [0.717, 1.165) is 0 Å². The van der Waals surface area contributed by atoms with E-state index < -0.39 is 194 Å². The third-order valence-corrected chi connectivity index (χ3v) is 17.3. The average molecular weight is 1370 g/mol. The van der Waals surface area contributed by atoms with Crippen LogP contribution in [0.3, 0.4) is 0 Å². The second-order valence-corrected chi connectivity index (χ2v) is 25.7. The van der Waals surface area contributed by atoms with Gasteiger partial charge in [0.1, 0.15) is 29.4 Å². The largest absolute Gasteiger partial charge is 0.508 e. The summed E-state index contributed by atoms with van der Waals surface area (Å²) in [5, 5.41) is 51.7. The Hall–Kier alpha value is -8.80. The lowest BCUT2D eigenvalue weighted by atomic mass is 9.84. The van der Waals surface area contributed by atoms with E-state index in [9.17, 15) is 87.5 Å². The fraction of sp³-hybridized carbons (Fsp3) is 0.591. The van der Waals surface area contributed by atoms with Crippen molar-refractivity contribution in [2.24, 2.45) is 64.4 Å². The maximum absolute atomic E-state index is 14.5. The first-order valence-electron chi connectivity index (χ1n) is 32.3. The minimum Gasteiger partial charge on any atom is -0.508 e. The Morgan fingerprint density at radius 3 is 1.62 bits per heavy atom. The highest BCUT2D eigenvalue weighted by Gasteiger charge is 2.42. The number of thiol groups is 1. The lowest BCUT2D eigenvalue weighted by Gasteiger charge is -2.32. The van der Waals surface area contributed by atoms with Crippen LogP contribution >= 0.6 is 12.6 Å². The second kappa shape index (κ2) is 40.6. The van der Waals surface area contributed by atoms with Gasteiger partial charge in [0.05, 0.1) is 50.2 Å². The number of nitrogens with one attached hydrogen (secondary N) is 6. The Balaban J connectivity index is 1.75. The van der Waals surface area contributed by atoms with Crippen LogP contribution in [0.2, 0.25) is 0 Å². The normalized spacial score (nSPS) is 16.3. The summed E-state index contributed by atoms with van der Waals surface area (Å²) in [4.78, 5) is 193. The highest BCUT2D eigenvalue weighted by molar-refractivity contribution is 7.80. The number of carbonyl (C=O) groups excluding carboxylic acids is 13. The van der Waals surface area contributed by atoms with Crippen LogP contribution in [0.1, 0.15) is 143 Å². The molecule has 30 heteroatoms.